The zero-order valence-corrected chi connectivity index (χ0v) is 19.7. The summed E-state index contributed by atoms with van der Waals surface area (Å²) in [6, 6.07) is 15.6. The Morgan fingerprint density at radius 2 is 1.65 bits per heavy atom. The van der Waals surface area contributed by atoms with Crippen LogP contribution in [0, 0.1) is 5.41 Å². The molecule has 2 N–H and O–H groups in total. The number of nitrogens with zero attached hydrogens (tertiary/aromatic N) is 2. The third-order valence-corrected chi connectivity index (χ3v) is 4.77. The summed E-state index contributed by atoms with van der Waals surface area (Å²) < 4.78 is 0. The van der Waals surface area contributed by atoms with Crippen LogP contribution in [0.5, 0.6) is 0 Å². The molecule has 6 heteroatoms. The lowest BCUT2D eigenvalue weighted by atomic mass is 9.91. The second-order valence-electron chi connectivity index (χ2n) is 9.20. The van der Waals surface area contributed by atoms with E-state index < -0.39 is 0 Å². The Balaban J connectivity index is 2.35. The van der Waals surface area contributed by atoms with Crippen molar-refractivity contribution in [3.05, 3.63) is 59.7 Å². The monoisotopic (exact) mass is 424 g/mol. The Hall–Kier alpha value is -3.02. The fourth-order valence-corrected chi connectivity index (χ4v) is 3.37. The third-order valence-electron chi connectivity index (χ3n) is 4.77. The highest BCUT2D eigenvalue weighted by atomic mass is 16.2. The highest BCUT2D eigenvalue weighted by molar-refractivity contribution is 5.89. The number of urea groups is 1. The van der Waals surface area contributed by atoms with Crippen molar-refractivity contribution in [3.8, 4) is 0 Å². The number of hydrogen-bond donors (Lipinski definition) is 2. The SMILES string of the molecule is CCNC(=O)Nc1ccc(N(C)C)c(CN(Cc2ccccc2)C(=O)CC(C)(C)C)c1. The van der Waals surface area contributed by atoms with Gasteiger partial charge in [0.05, 0.1) is 0 Å². The molecule has 0 heterocycles. The van der Waals surface area contributed by atoms with E-state index in [-0.39, 0.29) is 17.4 Å². The predicted octanol–water partition coefficient (Wildman–Crippen LogP) is 4.86. The third kappa shape index (κ3) is 7.96. The summed E-state index contributed by atoms with van der Waals surface area (Å²) in [7, 11) is 3.96. The molecular weight excluding hydrogens is 388 g/mol. The highest BCUT2D eigenvalue weighted by Crippen LogP contribution is 2.27. The van der Waals surface area contributed by atoms with Crippen molar-refractivity contribution in [1.82, 2.24) is 10.2 Å². The summed E-state index contributed by atoms with van der Waals surface area (Å²) in [6.07, 6.45) is 0.466. The molecule has 2 aromatic carbocycles. The van der Waals surface area contributed by atoms with Crippen LogP contribution < -0.4 is 15.5 Å². The lowest BCUT2D eigenvalue weighted by molar-refractivity contribution is -0.134. The maximum absolute atomic E-state index is 13.2. The second kappa shape index (κ2) is 10.8. The van der Waals surface area contributed by atoms with Gasteiger partial charge in [-0.05, 0) is 41.7 Å². The molecule has 2 aromatic rings. The molecule has 6 nitrogen and oxygen atoms in total. The molecule has 168 valence electrons. The molecule has 31 heavy (non-hydrogen) atoms. The maximum atomic E-state index is 13.2. The standard InChI is InChI=1S/C25H36N4O2/c1-7-26-24(31)27-21-13-14-22(28(5)6)20(15-21)18-29(23(30)16-25(2,3)4)17-19-11-9-8-10-12-19/h8-15H,7,16-18H2,1-6H3,(H2,26,27,31). The van der Waals surface area contributed by atoms with Gasteiger partial charge in [-0.1, -0.05) is 51.1 Å². The maximum Gasteiger partial charge on any atom is 0.319 e. The Kier molecular flexibility index (Phi) is 8.48. The average Bonchev–Trinajstić information content (AvgIpc) is 2.67. The van der Waals surface area contributed by atoms with Crippen molar-refractivity contribution >= 4 is 23.3 Å². The first kappa shape index (κ1) is 24.3. The number of benzene rings is 2. The van der Waals surface area contributed by atoms with E-state index in [1.165, 1.54) is 0 Å². The van der Waals surface area contributed by atoms with Crippen LogP contribution >= 0.6 is 0 Å². The van der Waals surface area contributed by atoms with Gasteiger partial charge in [0.15, 0.2) is 0 Å². The lowest BCUT2D eigenvalue weighted by Crippen LogP contribution is -2.33. The number of rotatable bonds is 8. The first-order valence-corrected chi connectivity index (χ1v) is 10.8. The van der Waals surface area contributed by atoms with Gasteiger partial charge in [0.1, 0.15) is 0 Å². The van der Waals surface area contributed by atoms with Gasteiger partial charge in [0.25, 0.3) is 0 Å². The van der Waals surface area contributed by atoms with Crippen LogP contribution in [-0.4, -0.2) is 37.5 Å². The fraction of sp³-hybridized carbons (Fsp3) is 0.440. The van der Waals surface area contributed by atoms with Gasteiger partial charge in [-0.25, -0.2) is 4.79 Å². The molecule has 0 saturated heterocycles. The van der Waals surface area contributed by atoms with Crippen molar-refractivity contribution in [2.75, 3.05) is 30.9 Å². The van der Waals surface area contributed by atoms with Crippen molar-refractivity contribution in [2.24, 2.45) is 5.41 Å². The van der Waals surface area contributed by atoms with Gasteiger partial charge in [-0.3, -0.25) is 4.79 Å². The number of hydrogen-bond acceptors (Lipinski definition) is 3. The number of carbonyl (C=O) groups is 2. The highest BCUT2D eigenvalue weighted by Gasteiger charge is 2.23. The number of nitrogens with one attached hydrogen (secondary N) is 2. The summed E-state index contributed by atoms with van der Waals surface area (Å²) in [5, 5.41) is 5.61. The van der Waals surface area contributed by atoms with Gasteiger partial charge in [0, 0.05) is 51.5 Å². The second-order valence-corrected chi connectivity index (χ2v) is 9.20. The Bertz CT molecular complexity index is 873. The number of amides is 3. The molecule has 0 aliphatic heterocycles. The minimum atomic E-state index is -0.240. The van der Waals surface area contributed by atoms with E-state index in [4.69, 9.17) is 0 Å². The van der Waals surface area contributed by atoms with E-state index in [1.54, 1.807) is 0 Å². The Morgan fingerprint density at radius 3 is 2.23 bits per heavy atom. The summed E-state index contributed by atoms with van der Waals surface area (Å²) in [5.74, 6) is 0.114. The summed E-state index contributed by atoms with van der Waals surface area (Å²) in [6.45, 7) is 9.66. The number of anilines is 2. The smallest absolute Gasteiger partial charge is 0.319 e. The summed E-state index contributed by atoms with van der Waals surface area (Å²) in [4.78, 5) is 29.1. The Labute approximate surface area is 186 Å². The van der Waals surface area contributed by atoms with Gasteiger partial charge in [-0.15, -0.1) is 0 Å². The largest absolute Gasteiger partial charge is 0.377 e. The quantitative estimate of drug-likeness (QED) is 0.636. The van der Waals surface area contributed by atoms with E-state index in [0.29, 0.717) is 31.7 Å². The van der Waals surface area contributed by atoms with Crippen molar-refractivity contribution < 1.29 is 9.59 Å². The van der Waals surface area contributed by atoms with Crippen LogP contribution in [-0.2, 0) is 17.9 Å². The Morgan fingerprint density at radius 1 is 0.968 bits per heavy atom. The molecule has 0 aromatic heterocycles. The minimum Gasteiger partial charge on any atom is -0.377 e. The lowest BCUT2D eigenvalue weighted by Gasteiger charge is -2.29. The molecule has 0 aliphatic rings. The van der Waals surface area contributed by atoms with Crippen LogP contribution in [0.2, 0.25) is 0 Å². The van der Waals surface area contributed by atoms with Crippen molar-refractivity contribution in [1.29, 1.82) is 0 Å². The molecule has 0 atom stereocenters. The van der Waals surface area contributed by atoms with E-state index in [9.17, 15) is 9.59 Å². The van der Waals surface area contributed by atoms with E-state index >= 15 is 0 Å². The van der Waals surface area contributed by atoms with Gasteiger partial charge >= 0.3 is 6.03 Å². The van der Waals surface area contributed by atoms with Crippen molar-refractivity contribution in [3.63, 3.8) is 0 Å². The molecule has 0 saturated carbocycles. The molecule has 0 unspecified atom stereocenters. The molecule has 3 amide bonds. The molecule has 0 bridgehead atoms. The van der Waals surface area contributed by atoms with Crippen LogP contribution in [0.3, 0.4) is 0 Å². The predicted molar refractivity (Wildman–Crippen MR) is 128 cm³/mol. The van der Waals surface area contributed by atoms with E-state index in [2.05, 4.69) is 31.4 Å². The fourth-order valence-electron chi connectivity index (χ4n) is 3.37. The first-order chi connectivity index (χ1) is 14.6. The van der Waals surface area contributed by atoms with Crippen LogP contribution in [0.4, 0.5) is 16.2 Å². The van der Waals surface area contributed by atoms with Gasteiger partial charge in [-0.2, -0.15) is 0 Å². The number of carbonyl (C=O) groups excluding carboxylic acids is 2. The first-order valence-electron chi connectivity index (χ1n) is 10.8. The van der Waals surface area contributed by atoms with E-state index in [0.717, 1.165) is 16.8 Å². The molecule has 2 rings (SSSR count). The molecule has 0 spiro atoms. The van der Waals surface area contributed by atoms with Crippen molar-refractivity contribution in [2.45, 2.75) is 47.2 Å². The van der Waals surface area contributed by atoms with Crippen LogP contribution in [0.15, 0.2) is 48.5 Å². The normalized spacial score (nSPS) is 11.0. The topological polar surface area (TPSA) is 64.7 Å². The van der Waals surface area contributed by atoms with Crippen LogP contribution in [0.1, 0.15) is 45.2 Å². The zero-order valence-electron chi connectivity index (χ0n) is 19.7. The zero-order chi connectivity index (χ0) is 23.0. The molecule has 0 radical (unpaired) electrons. The molecule has 0 aliphatic carbocycles. The van der Waals surface area contributed by atoms with Crippen LogP contribution in [0.25, 0.3) is 0 Å². The molecular formula is C25H36N4O2. The van der Waals surface area contributed by atoms with Gasteiger partial charge in [0.2, 0.25) is 5.91 Å². The summed E-state index contributed by atoms with van der Waals surface area (Å²) >= 11 is 0. The van der Waals surface area contributed by atoms with E-state index in [1.807, 2.05) is 79.3 Å². The van der Waals surface area contributed by atoms with Gasteiger partial charge < -0.3 is 20.4 Å². The molecule has 0 fully saturated rings. The summed E-state index contributed by atoms with van der Waals surface area (Å²) in [5.41, 5.74) is 3.70. The average molecular weight is 425 g/mol. The minimum absolute atomic E-state index is 0.0992.